The van der Waals surface area contributed by atoms with Gasteiger partial charge in [0.1, 0.15) is 24.3 Å². The van der Waals surface area contributed by atoms with Gasteiger partial charge in [-0.1, -0.05) is 6.07 Å². The Kier molecular flexibility index (Phi) is 9.24. The summed E-state index contributed by atoms with van der Waals surface area (Å²) in [6, 6.07) is 12.9. The number of benzene rings is 2. The van der Waals surface area contributed by atoms with Crippen LogP contribution in [0.15, 0.2) is 65.7 Å². The third-order valence-corrected chi connectivity index (χ3v) is 4.94. The average Bonchev–Trinajstić information content (AvgIpc) is 3.28. The van der Waals surface area contributed by atoms with Crippen LogP contribution in [0.4, 0.5) is 10.1 Å². The van der Waals surface area contributed by atoms with Crippen LogP contribution in [0.1, 0.15) is 42.4 Å². The first kappa shape index (κ1) is 27.5. The van der Waals surface area contributed by atoms with Crippen LogP contribution < -0.4 is 21.5 Å². The lowest BCUT2D eigenvalue weighted by molar-refractivity contribution is -0.134. The zero-order valence-corrected chi connectivity index (χ0v) is 20.7. The van der Waals surface area contributed by atoms with Gasteiger partial charge in [0.15, 0.2) is 5.82 Å². The van der Waals surface area contributed by atoms with E-state index in [9.17, 15) is 9.18 Å². The number of carbonyl (C=O) groups is 1. The molecule has 1 unspecified atom stereocenters. The van der Waals surface area contributed by atoms with Crippen LogP contribution in [0.25, 0.3) is 5.95 Å². The molecule has 0 bridgehead atoms. The van der Waals surface area contributed by atoms with Crippen LogP contribution >= 0.6 is 0 Å². The molecule has 0 aliphatic rings. The number of nitrogens with one attached hydrogen (secondary N) is 3. The summed E-state index contributed by atoms with van der Waals surface area (Å²) in [5.74, 6) is 0.00390. The number of alkyl halides is 1. The normalized spacial score (nSPS) is 11.1. The number of carboxylic acid groups (broad SMARTS) is 1. The Balaban J connectivity index is 0.000000934. The highest BCUT2D eigenvalue weighted by atomic mass is 19.1. The van der Waals surface area contributed by atoms with E-state index < -0.39 is 24.4 Å². The second kappa shape index (κ2) is 12.8. The smallest absolute Gasteiger partial charge is 0.350 e. The third-order valence-electron chi connectivity index (χ3n) is 4.94. The summed E-state index contributed by atoms with van der Waals surface area (Å²) in [6.45, 7) is 2.65. The Morgan fingerprint density at radius 2 is 1.89 bits per heavy atom. The Morgan fingerprint density at radius 1 is 1.24 bits per heavy atom. The van der Waals surface area contributed by atoms with Crippen LogP contribution in [0.3, 0.4) is 0 Å². The number of nitrogens with zero attached hydrogens (tertiary/aromatic N) is 4. The molecular weight excluding hydrogens is 495 g/mol. The number of hydrogen-bond donors (Lipinski definition) is 5. The number of ether oxygens (including phenoxy) is 1. The fourth-order valence-corrected chi connectivity index (χ4v) is 3.41. The van der Waals surface area contributed by atoms with Gasteiger partial charge in [-0.3, -0.25) is 15.2 Å². The largest absolute Gasteiger partial charge is 0.494 e. The lowest BCUT2D eigenvalue weighted by Crippen LogP contribution is -2.18. The van der Waals surface area contributed by atoms with Gasteiger partial charge in [-0.15, -0.1) is 9.78 Å². The Hall–Kier alpha value is -5.07. The molecule has 198 valence electrons. The van der Waals surface area contributed by atoms with Gasteiger partial charge in [-0.25, -0.2) is 19.2 Å². The van der Waals surface area contributed by atoms with Gasteiger partial charge in [-0.05, 0) is 60.5 Å². The molecule has 0 spiro atoms. The zero-order chi connectivity index (χ0) is 27.7. The Labute approximate surface area is 216 Å². The number of aromatic amines is 1. The summed E-state index contributed by atoms with van der Waals surface area (Å²) >= 11 is 0. The van der Waals surface area contributed by atoms with Crippen LogP contribution in [0.5, 0.6) is 5.75 Å². The monoisotopic (exact) mass is 522 g/mol. The SMILES string of the molecule is CC(=O)O.CCOc1cc(CF)cc(C(Nc2ccc(C(=N)N)cc2)c2nn(-c3ncccn3)c(=O)[nH]2)c1. The number of carboxylic acids is 1. The topological polar surface area (TPSA) is 185 Å². The van der Waals surface area contributed by atoms with Crippen molar-refractivity contribution in [3.05, 3.63) is 93.9 Å². The van der Waals surface area contributed by atoms with Gasteiger partial charge in [0, 0.05) is 30.6 Å². The molecule has 0 amide bonds. The molecule has 2 aromatic heterocycles. The molecule has 13 heteroatoms. The minimum absolute atomic E-state index is 0.0500. The number of aliphatic carboxylic acids is 1. The Morgan fingerprint density at radius 3 is 2.47 bits per heavy atom. The van der Waals surface area contributed by atoms with Crippen LogP contribution in [-0.4, -0.2) is 48.3 Å². The van der Waals surface area contributed by atoms with E-state index in [1.54, 1.807) is 48.5 Å². The van der Waals surface area contributed by atoms with Crippen molar-refractivity contribution in [2.24, 2.45) is 5.73 Å². The second-order valence-electron chi connectivity index (χ2n) is 7.84. The van der Waals surface area contributed by atoms with Gasteiger partial charge in [-0.2, -0.15) is 0 Å². The fraction of sp³-hybridized carbons (Fsp3) is 0.200. The lowest BCUT2D eigenvalue weighted by atomic mass is 10.0. The molecule has 0 aliphatic carbocycles. The van der Waals surface area contributed by atoms with Crippen molar-refractivity contribution in [2.75, 3.05) is 11.9 Å². The third kappa shape index (κ3) is 7.22. The van der Waals surface area contributed by atoms with Crippen molar-refractivity contribution in [3.8, 4) is 11.7 Å². The first-order valence-electron chi connectivity index (χ1n) is 11.4. The molecule has 2 heterocycles. The van der Waals surface area contributed by atoms with Crippen molar-refractivity contribution in [2.45, 2.75) is 26.6 Å². The van der Waals surface area contributed by atoms with E-state index in [1.807, 2.05) is 6.92 Å². The highest BCUT2D eigenvalue weighted by Crippen LogP contribution is 2.29. The van der Waals surface area contributed by atoms with Gasteiger partial charge in [0.2, 0.25) is 0 Å². The molecule has 12 nitrogen and oxygen atoms in total. The van der Waals surface area contributed by atoms with Crippen molar-refractivity contribution < 1.29 is 19.0 Å². The maximum atomic E-state index is 13.6. The molecular formula is C25H27FN8O4. The standard InChI is InChI=1S/C23H23FN8O2.C2H4O2/c1-2-34-18-11-14(13-24)10-16(12-18)19(29-17-6-4-15(5-7-17)20(25)26)21-30-23(33)32(31-21)22-27-8-3-9-28-22;1-2(3)4/h3-12,19,29H,2,13H2,1H3,(H3,25,26)(H,30,31,33);1H3,(H,3,4). The average molecular weight is 523 g/mol. The number of rotatable bonds is 9. The Bertz CT molecular complexity index is 1430. The molecule has 2 aromatic carbocycles. The van der Waals surface area contributed by atoms with Gasteiger partial charge in [0.05, 0.1) is 6.61 Å². The van der Waals surface area contributed by atoms with E-state index in [2.05, 4.69) is 25.4 Å². The minimum Gasteiger partial charge on any atom is -0.494 e. The van der Waals surface area contributed by atoms with Gasteiger partial charge < -0.3 is 20.9 Å². The number of anilines is 1. The van der Waals surface area contributed by atoms with Crippen LogP contribution in [-0.2, 0) is 11.5 Å². The maximum Gasteiger partial charge on any atom is 0.350 e. The van der Waals surface area contributed by atoms with Crippen molar-refractivity contribution in [1.29, 1.82) is 5.41 Å². The minimum atomic E-state index is -0.833. The van der Waals surface area contributed by atoms with E-state index in [0.717, 1.165) is 11.6 Å². The molecule has 4 aromatic rings. The quantitative estimate of drug-likeness (QED) is 0.163. The number of halogens is 1. The number of amidine groups is 1. The summed E-state index contributed by atoms with van der Waals surface area (Å²) < 4.78 is 20.3. The molecule has 4 rings (SSSR count). The summed E-state index contributed by atoms with van der Waals surface area (Å²) in [5.41, 5.74) is 7.32. The van der Waals surface area contributed by atoms with E-state index in [4.69, 9.17) is 25.8 Å². The predicted molar refractivity (Wildman–Crippen MR) is 138 cm³/mol. The first-order chi connectivity index (χ1) is 18.2. The maximum absolute atomic E-state index is 13.6. The van der Waals surface area contributed by atoms with Crippen molar-refractivity contribution >= 4 is 17.5 Å². The molecule has 0 fully saturated rings. The summed E-state index contributed by atoms with van der Waals surface area (Å²) in [6.07, 6.45) is 3.02. The molecule has 0 aliphatic heterocycles. The summed E-state index contributed by atoms with van der Waals surface area (Å²) in [5, 5.41) is 22.7. The lowest BCUT2D eigenvalue weighted by Gasteiger charge is -2.20. The number of nitrogen functional groups attached to an aromatic ring is 1. The molecule has 0 saturated carbocycles. The number of hydrogen-bond acceptors (Lipinski definition) is 8. The molecule has 0 saturated heterocycles. The van der Waals surface area contributed by atoms with Crippen LogP contribution in [0, 0.1) is 5.41 Å². The van der Waals surface area contributed by atoms with Gasteiger partial charge >= 0.3 is 5.69 Å². The van der Waals surface area contributed by atoms with E-state index >= 15 is 0 Å². The second-order valence-corrected chi connectivity index (χ2v) is 7.84. The van der Waals surface area contributed by atoms with E-state index in [0.29, 0.717) is 34.7 Å². The van der Waals surface area contributed by atoms with Crippen LogP contribution in [0.2, 0.25) is 0 Å². The summed E-state index contributed by atoms with van der Waals surface area (Å²) in [4.78, 5) is 32.6. The molecule has 0 radical (unpaired) electrons. The number of aromatic nitrogens is 5. The number of nitrogens with two attached hydrogens (primary N) is 1. The van der Waals surface area contributed by atoms with Crippen molar-refractivity contribution in [1.82, 2.24) is 24.7 Å². The molecule has 1 atom stereocenters. The zero-order valence-electron chi connectivity index (χ0n) is 20.7. The van der Waals surface area contributed by atoms with Crippen molar-refractivity contribution in [3.63, 3.8) is 0 Å². The molecule has 38 heavy (non-hydrogen) atoms. The molecule has 6 N–H and O–H groups in total. The highest BCUT2D eigenvalue weighted by molar-refractivity contribution is 5.95. The first-order valence-corrected chi connectivity index (χ1v) is 11.4. The van der Waals surface area contributed by atoms with Gasteiger partial charge in [0.25, 0.3) is 11.9 Å². The van der Waals surface area contributed by atoms with E-state index in [-0.39, 0.29) is 17.6 Å². The fourth-order valence-electron chi connectivity index (χ4n) is 3.41. The highest BCUT2D eigenvalue weighted by Gasteiger charge is 2.22. The number of H-pyrrole nitrogens is 1. The predicted octanol–water partition coefficient (Wildman–Crippen LogP) is 2.80. The van der Waals surface area contributed by atoms with E-state index in [1.165, 1.54) is 12.4 Å². The summed E-state index contributed by atoms with van der Waals surface area (Å²) in [7, 11) is 0.